The Morgan fingerprint density at radius 2 is 1.71 bits per heavy atom. The fraction of sp³-hybridized carbons (Fsp3) is 0.406. The minimum absolute atomic E-state index is 0.0266. The van der Waals surface area contributed by atoms with Crippen LogP contribution in [0.2, 0.25) is 0 Å². The third kappa shape index (κ3) is 6.12. The van der Waals surface area contributed by atoms with Gasteiger partial charge in [0.05, 0.1) is 24.5 Å². The number of ether oxygens (including phenoxy) is 3. The molecule has 2 aromatic carbocycles. The van der Waals surface area contributed by atoms with Crippen molar-refractivity contribution in [2.24, 2.45) is 0 Å². The highest BCUT2D eigenvalue weighted by Gasteiger charge is 2.23. The van der Waals surface area contributed by atoms with Gasteiger partial charge in [-0.05, 0) is 68.0 Å². The van der Waals surface area contributed by atoms with E-state index in [0.29, 0.717) is 43.4 Å². The Morgan fingerprint density at radius 3 is 2.44 bits per heavy atom. The number of nitrogens with one attached hydrogen (secondary N) is 1. The molecule has 2 aliphatic heterocycles. The molecule has 4 aromatic rings. The third-order valence-electron chi connectivity index (χ3n) is 7.73. The lowest BCUT2D eigenvalue weighted by Gasteiger charge is -2.26. The topological polar surface area (TPSA) is 110 Å². The van der Waals surface area contributed by atoms with Gasteiger partial charge in [0.15, 0.2) is 5.65 Å². The number of rotatable bonds is 7. The van der Waals surface area contributed by atoms with Crippen molar-refractivity contribution in [3.8, 4) is 28.1 Å². The maximum Gasteiger partial charge on any atom is 0.254 e. The van der Waals surface area contributed by atoms with Crippen LogP contribution in [0.4, 0.5) is 0 Å². The SMILES string of the molecule is CC(C)(O)COc1cc(-c2cc3c(-c4ccc(C(=O)N5CCOCC5)cc4)c[nH]c3nn2)ccc1C1CCOCC1. The van der Waals surface area contributed by atoms with Crippen molar-refractivity contribution in [2.45, 2.75) is 38.2 Å². The van der Waals surface area contributed by atoms with Crippen molar-refractivity contribution in [1.82, 2.24) is 20.1 Å². The zero-order valence-electron chi connectivity index (χ0n) is 23.6. The highest BCUT2D eigenvalue weighted by Crippen LogP contribution is 2.37. The minimum Gasteiger partial charge on any atom is -0.490 e. The molecule has 0 atom stereocenters. The second kappa shape index (κ2) is 11.6. The molecule has 0 saturated carbocycles. The highest BCUT2D eigenvalue weighted by atomic mass is 16.5. The van der Waals surface area contributed by atoms with Crippen LogP contribution in [-0.4, -0.2) is 82.8 Å². The first kappa shape index (κ1) is 27.4. The number of aromatic amines is 1. The maximum atomic E-state index is 12.9. The molecule has 214 valence electrons. The molecule has 1 amide bonds. The summed E-state index contributed by atoms with van der Waals surface area (Å²) in [6.45, 7) is 7.52. The van der Waals surface area contributed by atoms with Crippen molar-refractivity contribution in [3.05, 3.63) is 65.9 Å². The smallest absolute Gasteiger partial charge is 0.254 e. The summed E-state index contributed by atoms with van der Waals surface area (Å²) < 4.78 is 17.1. The Kier molecular flexibility index (Phi) is 7.75. The first-order chi connectivity index (χ1) is 19.9. The summed E-state index contributed by atoms with van der Waals surface area (Å²) in [5, 5.41) is 20.2. The van der Waals surface area contributed by atoms with Gasteiger partial charge in [-0.1, -0.05) is 24.3 Å². The number of benzene rings is 2. The molecule has 9 nitrogen and oxygen atoms in total. The molecule has 41 heavy (non-hydrogen) atoms. The molecule has 2 saturated heterocycles. The molecule has 0 radical (unpaired) electrons. The molecule has 6 rings (SSSR count). The van der Waals surface area contributed by atoms with E-state index < -0.39 is 5.60 Å². The number of fused-ring (bicyclic) bond motifs is 1. The number of nitrogens with zero attached hydrogens (tertiary/aromatic N) is 3. The van der Waals surface area contributed by atoms with E-state index in [9.17, 15) is 9.90 Å². The Labute approximate surface area is 239 Å². The normalized spacial score (nSPS) is 16.7. The number of carbonyl (C=O) groups is 1. The van der Waals surface area contributed by atoms with Gasteiger partial charge in [0.2, 0.25) is 0 Å². The molecule has 2 fully saturated rings. The van der Waals surface area contributed by atoms with Gasteiger partial charge in [0.25, 0.3) is 5.91 Å². The number of morpholine rings is 1. The van der Waals surface area contributed by atoms with E-state index in [1.165, 1.54) is 0 Å². The van der Waals surface area contributed by atoms with Gasteiger partial charge < -0.3 is 29.2 Å². The predicted molar refractivity (Wildman–Crippen MR) is 156 cm³/mol. The van der Waals surface area contributed by atoms with Gasteiger partial charge in [0.1, 0.15) is 12.4 Å². The number of H-pyrrole nitrogens is 1. The van der Waals surface area contributed by atoms with E-state index >= 15 is 0 Å². The lowest BCUT2D eigenvalue weighted by Crippen LogP contribution is -2.40. The van der Waals surface area contributed by atoms with E-state index in [1.807, 2.05) is 47.5 Å². The summed E-state index contributed by atoms with van der Waals surface area (Å²) >= 11 is 0. The van der Waals surface area contributed by atoms with Crippen LogP contribution in [0, 0.1) is 0 Å². The summed E-state index contributed by atoms with van der Waals surface area (Å²) in [4.78, 5) is 17.9. The Balaban J connectivity index is 1.30. The molecule has 0 aliphatic carbocycles. The molecule has 4 heterocycles. The zero-order valence-corrected chi connectivity index (χ0v) is 23.6. The maximum absolute atomic E-state index is 12.9. The van der Waals surface area contributed by atoms with Crippen LogP contribution in [-0.2, 0) is 9.47 Å². The number of hydrogen-bond acceptors (Lipinski definition) is 7. The summed E-state index contributed by atoms with van der Waals surface area (Å²) in [5.74, 6) is 1.13. The number of hydrogen-bond donors (Lipinski definition) is 2. The summed E-state index contributed by atoms with van der Waals surface area (Å²) in [7, 11) is 0. The van der Waals surface area contributed by atoms with Gasteiger partial charge in [-0.25, -0.2) is 0 Å². The van der Waals surface area contributed by atoms with Crippen LogP contribution in [0.25, 0.3) is 33.4 Å². The summed E-state index contributed by atoms with van der Waals surface area (Å²) in [6, 6.07) is 15.9. The summed E-state index contributed by atoms with van der Waals surface area (Å²) in [6.07, 6.45) is 3.80. The van der Waals surface area contributed by atoms with Crippen molar-refractivity contribution in [3.63, 3.8) is 0 Å². The van der Waals surface area contributed by atoms with Crippen LogP contribution in [0.15, 0.2) is 54.7 Å². The van der Waals surface area contributed by atoms with Crippen molar-refractivity contribution >= 4 is 16.9 Å². The fourth-order valence-corrected chi connectivity index (χ4v) is 5.46. The van der Waals surface area contributed by atoms with Crippen molar-refractivity contribution < 1.29 is 24.1 Å². The van der Waals surface area contributed by atoms with Gasteiger partial charge in [-0.15, -0.1) is 10.2 Å². The minimum atomic E-state index is -0.954. The zero-order chi connectivity index (χ0) is 28.4. The standard InChI is InChI=1S/C32H36N4O5/c1-32(2,38)20-41-29-17-24(7-8-25(29)22-9-13-39-14-10-22)28-18-26-27(19-33-30(26)35-34-28)21-3-5-23(6-4-21)31(37)36-11-15-40-16-12-36/h3-8,17-19,22,38H,9-16,20H2,1-2H3,(H,33,35). The molecule has 2 N–H and O–H groups in total. The molecule has 0 unspecified atom stereocenters. The first-order valence-corrected chi connectivity index (χ1v) is 14.3. The van der Waals surface area contributed by atoms with Gasteiger partial charge in [0, 0.05) is 54.6 Å². The van der Waals surface area contributed by atoms with E-state index in [-0.39, 0.29) is 12.5 Å². The predicted octanol–water partition coefficient (Wildman–Crippen LogP) is 4.81. The molecule has 2 aliphatic rings. The van der Waals surface area contributed by atoms with E-state index in [1.54, 1.807) is 13.8 Å². The summed E-state index contributed by atoms with van der Waals surface area (Å²) in [5.41, 5.74) is 5.11. The van der Waals surface area contributed by atoms with Crippen molar-refractivity contribution in [1.29, 1.82) is 0 Å². The molecule has 9 heteroatoms. The third-order valence-corrected chi connectivity index (χ3v) is 7.73. The van der Waals surface area contributed by atoms with E-state index in [0.717, 1.165) is 65.1 Å². The number of carbonyl (C=O) groups excluding carboxylic acids is 1. The first-order valence-electron chi connectivity index (χ1n) is 14.3. The second-order valence-corrected chi connectivity index (χ2v) is 11.4. The number of aliphatic hydroxyl groups is 1. The van der Waals surface area contributed by atoms with E-state index in [4.69, 9.17) is 14.2 Å². The van der Waals surface area contributed by atoms with Crippen LogP contribution in [0.3, 0.4) is 0 Å². The van der Waals surface area contributed by atoms with Gasteiger partial charge in [-0.2, -0.15) is 0 Å². The lowest BCUT2D eigenvalue weighted by molar-refractivity contribution is 0.0274. The highest BCUT2D eigenvalue weighted by molar-refractivity contribution is 5.97. The van der Waals surface area contributed by atoms with Crippen LogP contribution < -0.4 is 4.74 Å². The molecular weight excluding hydrogens is 520 g/mol. The molecule has 2 aromatic heterocycles. The van der Waals surface area contributed by atoms with Gasteiger partial charge in [-0.3, -0.25) is 4.79 Å². The number of amides is 1. The number of aromatic nitrogens is 3. The average Bonchev–Trinajstić information content (AvgIpc) is 3.43. The largest absolute Gasteiger partial charge is 0.490 e. The monoisotopic (exact) mass is 556 g/mol. The lowest BCUT2D eigenvalue weighted by atomic mass is 9.90. The average molecular weight is 557 g/mol. The van der Waals surface area contributed by atoms with Crippen LogP contribution >= 0.6 is 0 Å². The Hall–Kier alpha value is -3.79. The van der Waals surface area contributed by atoms with Crippen LogP contribution in [0.5, 0.6) is 5.75 Å². The van der Waals surface area contributed by atoms with Crippen LogP contribution in [0.1, 0.15) is 48.5 Å². The Morgan fingerprint density at radius 1 is 1.00 bits per heavy atom. The quantitative estimate of drug-likeness (QED) is 0.336. The molecule has 0 bridgehead atoms. The fourth-order valence-electron chi connectivity index (χ4n) is 5.46. The Bertz CT molecular complexity index is 1510. The van der Waals surface area contributed by atoms with E-state index in [2.05, 4.69) is 27.3 Å². The molecular formula is C32H36N4O5. The molecule has 0 spiro atoms. The second-order valence-electron chi connectivity index (χ2n) is 11.4. The van der Waals surface area contributed by atoms with Crippen molar-refractivity contribution in [2.75, 3.05) is 46.1 Å². The van der Waals surface area contributed by atoms with Gasteiger partial charge >= 0.3 is 0 Å².